The lowest BCUT2D eigenvalue weighted by Crippen LogP contribution is -2.52. The lowest BCUT2D eigenvalue weighted by atomic mass is 10.1. The molecule has 0 saturated carbocycles. The number of carbonyl (C=O) groups is 4. The van der Waals surface area contributed by atoms with Crippen molar-refractivity contribution in [2.45, 2.75) is 51.0 Å². The van der Waals surface area contributed by atoms with Crippen molar-refractivity contribution in [2.75, 3.05) is 0 Å². The van der Waals surface area contributed by atoms with Crippen molar-refractivity contribution < 1.29 is 24.3 Å². The number of aliphatic carboxylic acids is 1. The molecule has 1 aromatic rings. The fourth-order valence-corrected chi connectivity index (χ4v) is 2.50. The van der Waals surface area contributed by atoms with E-state index in [4.69, 9.17) is 5.11 Å². The molecule has 1 unspecified atom stereocenters. The highest BCUT2D eigenvalue weighted by Gasteiger charge is 2.28. The van der Waals surface area contributed by atoms with Gasteiger partial charge in [-0.15, -0.1) is 0 Å². The molecular weight excluding hydrogens is 350 g/mol. The molecule has 1 aliphatic heterocycles. The maximum Gasteiger partial charge on any atom is 0.303 e. The van der Waals surface area contributed by atoms with Crippen LogP contribution in [-0.2, 0) is 14.4 Å². The number of rotatable bonds is 7. The first-order chi connectivity index (χ1) is 13.0. The number of hydrogen-bond donors (Lipinski definition) is 3. The summed E-state index contributed by atoms with van der Waals surface area (Å²) in [5, 5.41) is 13.3. The van der Waals surface area contributed by atoms with Crippen LogP contribution in [0.2, 0.25) is 0 Å². The number of nitrogens with zero attached hydrogens (tertiary/aromatic N) is 1. The Balaban J connectivity index is 1.78. The van der Waals surface area contributed by atoms with Crippen LogP contribution in [0, 0.1) is 11.8 Å². The third-order valence-corrected chi connectivity index (χ3v) is 3.97. The van der Waals surface area contributed by atoms with Crippen molar-refractivity contribution in [1.29, 1.82) is 0 Å². The van der Waals surface area contributed by atoms with Gasteiger partial charge in [0, 0.05) is 31.0 Å². The largest absolute Gasteiger partial charge is 0.481 e. The van der Waals surface area contributed by atoms with Crippen molar-refractivity contribution in [3.8, 4) is 11.8 Å². The maximum atomic E-state index is 12.1. The molecule has 0 spiro atoms. The van der Waals surface area contributed by atoms with Gasteiger partial charge in [0.05, 0.1) is 0 Å². The van der Waals surface area contributed by atoms with Gasteiger partial charge >= 0.3 is 5.97 Å². The van der Waals surface area contributed by atoms with E-state index in [2.05, 4.69) is 27.5 Å². The van der Waals surface area contributed by atoms with Crippen LogP contribution in [-0.4, -0.2) is 39.8 Å². The standard InChI is InChI=1S/C19H21N3O5/c23-16-11-10-15(19(27)22-16)21-18(26)14-9-8-13(12-20-14)6-4-2-1-3-5-7-17(24)25/h8-9,12,15H,1-3,5,7,10-11H2,(H,21,26)(H,24,25)(H,22,23,27). The van der Waals surface area contributed by atoms with Gasteiger partial charge < -0.3 is 10.4 Å². The van der Waals surface area contributed by atoms with E-state index in [9.17, 15) is 19.2 Å². The summed E-state index contributed by atoms with van der Waals surface area (Å²) in [4.78, 5) is 49.4. The topological polar surface area (TPSA) is 125 Å². The smallest absolute Gasteiger partial charge is 0.303 e. The molecule has 1 fully saturated rings. The summed E-state index contributed by atoms with van der Waals surface area (Å²) in [5.74, 6) is 3.82. The predicted octanol–water partition coefficient (Wildman–Crippen LogP) is 1.00. The molecule has 0 radical (unpaired) electrons. The van der Waals surface area contributed by atoms with Gasteiger partial charge in [0.2, 0.25) is 11.8 Å². The Labute approximate surface area is 156 Å². The van der Waals surface area contributed by atoms with E-state index in [1.165, 1.54) is 12.3 Å². The van der Waals surface area contributed by atoms with E-state index in [-0.39, 0.29) is 30.9 Å². The Morgan fingerprint density at radius 1 is 1.26 bits per heavy atom. The fourth-order valence-electron chi connectivity index (χ4n) is 2.50. The molecule has 142 valence electrons. The summed E-state index contributed by atoms with van der Waals surface area (Å²) in [7, 11) is 0. The summed E-state index contributed by atoms with van der Waals surface area (Å²) in [6.07, 6.45) is 5.09. The van der Waals surface area contributed by atoms with Crippen LogP contribution in [0.4, 0.5) is 0 Å². The van der Waals surface area contributed by atoms with Crippen molar-refractivity contribution in [3.63, 3.8) is 0 Å². The lowest BCUT2D eigenvalue weighted by Gasteiger charge is -2.21. The summed E-state index contributed by atoms with van der Waals surface area (Å²) in [6.45, 7) is 0. The number of carboxylic acids is 1. The maximum absolute atomic E-state index is 12.1. The summed E-state index contributed by atoms with van der Waals surface area (Å²) >= 11 is 0. The van der Waals surface area contributed by atoms with Crippen LogP contribution in [0.1, 0.15) is 61.0 Å². The van der Waals surface area contributed by atoms with Crippen LogP contribution in [0.3, 0.4) is 0 Å². The quantitative estimate of drug-likeness (QED) is 0.373. The zero-order chi connectivity index (χ0) is 19.6. The number of carbonyl (C=O) groups excluding carboxylic acids is 3. The molecule has 0 bridgehead atoms. The van der Waals surface area contributed by atoms with Gasteiger partial charge in [-0.2, -0.15) is 0 Å². The Morgan fingerprint density at radius 3 is 2.74 bits per heavy atom. The lowest BCUT2D eigenvalue weighted by molar-refractivity contribution is -0.137. The molecule has 3 N–H and O–H groups in total. The zero-order valence-corrected chi connectivity index (χ0v) is 14.8. The van der Waals surface area contributed by atoms with Gasteiger partial charge in [0.15, 0.2) is 0 Å². The third kappa shape index (κ3) is 6.90. The van der Waals surface area contributed by atoms with Crippen LogP contribution >= 0.6 is 0 Å². The second kappa shape index (κ2) is 10.1. The molecule has 0 aromatic carbocycles. The number of unbranched alkanes of at least 4 members (excludes halogenated alkanes) is 3. The van der Waals surface area contributed by atoms with Crippen LogP contribution in [0.25, 0.3) is 0 Å². The Bertz CT molecular complexity index is 777. The number of piperidine rings is 1. The van der Waals surface area contributed by atoms with E-state index in [0.717, 1.165) is 12.8 Å². The summed E-state index contributed by atoms with van der Waals surface area (Å²) in [6, 6.07) is 2.46. The minimum atomic E-state index is -0.783. The first-order valence-electron chi connectivity index (χ1n) is 8.77. The average molecular weight is 371 g/mol. The van der Waals surface area contributed by atoms with Crippen LogP contribution in [0.5, 0.6) is 0 Å². The van der Waals surface area contributed by atoms with Crippen molar-refractivity contribution >= 4 is 23.7 Å². The Kier molecular flexibility index (Phi) is 7.49. The molecule has 8 heteroatoms. The zero-order valence-electron chi connectivity index (χ0n) is 14.8. The Hall–Kier alpha value is -3.21. The number of carboxylic acid groups (broad SMARTS) is 1. The highest BCUT2D eigenvalue weighted by Crippen LogP contribution is 2.07. The van der Waals surface area contributed by atoms with E-state index in [1.807, 2.05) is 0 Å². The molecule has 2 heterocycles. The molecule has 0 aliphatic carbocycles. The number of imide groups is 1. The number of aromatic nitrogens is 1. The monoisotopic (exact) mass is 371 g/mol. The van der Waals surface area contributed by atoms with Gasteiger partial charge in [0.1, 0.15) is 11.7 Å². The second-order valence-electron chi connectivity index (χ2n) is 6.17. The van der Waals surface area contributed by atoms with E-state index >= 15 is 0 Å². The molecule has 8 nitrogen and oxygen atoms in total. The minimum absolute atomic E-state index is 0.166. The summed E-state index contributed by atoms with van der Waals surface area (Å²) < 4.78 is 0. The molecular formula is C19H21N3O5. The average Bonchev–Trinajstić information content (AvgIpc) is 2.63. The first kappa shape index (κ1) is 20.1. The predicted molar refractivity (Wildman–Crippen MR) is 95.5 cm³/mol. The van der Waals surface area contributed by atoms with E-state index in [0.29, 0.717) is 18.4 Å². The minimum Gasteiger partial charge on any atom is -0.481 e. The molecule has 3 amide bonds. The van der Waals surface area contributed by atoms with Crippen molar-refractivity contribution in [1.82, 2.24) is 15.6 Å². The highest BCUT2D eigenvalue weighted by atomic mass is 16.4. The number of hydrogen-bond acceptors (Lipinski definition) is 5. The number of nitrogens with one attached hydrogen (secondary N) is 2. The highest BCUT2D eigenvalue weighted by molar-refractivity contribution is 6.03. The van der Waals surface area contributed by atoms with Gasteiger partial charge in [-0.3, -0.25) is 24.5 Å². The molecule has 27 heavy (non-hydrogen) atoms. The third-order valence-electron chi connectivity index (χ3n) is 3.97. The van der Waals surface area contributed by atoms with Crippen LogP contribution < -0.4 is 10.6 Å². The number of amides is 3. The first-order valence-corrected chi connectivity index (χ1v) is 8.77. The fraction of sp³-hybridized carbons (Fsp3) is 0.421. The molecule has 1 atom stereocenters. The molecule has 1 saturated heterocycles. The second-order valence-corrected chi connectivity index (χ2v) is 6.17. The van der Waals surface area contributed by atoms with E-state index < -0.39 is 23.8 Å². The van der Waals surface area contributed by atoms with Gasteiger partial charge in [-0.25, -0.2) is 4.98 Å². The van der Waals surface area contributed by atoms with Gasteiger partial charge in [-0.05, 0) is 31.4 Å². The Morgan fingerprint density at radius 2 is 2.07 bits per heavy atom. The molecule has 2 rings (SSSR count). The van der Waals surface area contributed by atoms with Crippen molar-refractivity contribution in [2.24, 2.45) is 0 Å². The van der Waals surface area contributed by atoms with Crippen LogP contribution in [0.15, 0.2) is 18.3 Å². The van der Waals surface area contributed by atoms with Gasteiger partial charge in [-0.1, -0.05) is 18.3 Å². The normalized spacial score (nSPS) is 16.1. The SMILES string of the molecule is O=C(O)CCCCCC#Cc1ccc(C(=O)NC2CCC(=O)NC2=O)nc1. The molecule has 1 aliphatic rings. The number of pyridine rings is 1. The van der Waals surface area contributed by atoms with Crippen molar-refractivity contribution in [3.05, 3.63) is 29.6 Å². The van der Waals surface area contributed by atoms with Gasteiger partial charge in [0.25, 0.3) is 5.91 Å². The summed E-state index contributed by atoms with van der Waals surface area (Å²) in [5.41, 5.74) is 0.831. The van der Waals surface area contributed by atoms with E-state index in [1.54, 1.807) is 6.07 Å². The molecule has 1 aromatic heterocycles.